The summed E-state index contributed by atoms with van der Waals surface area (Å²) in [6.07, 6.45) is -0.288. The lowest BCUT2D eigenvalue weighted by Gasteiger charge is -2.18. The fourth-order valence-electron chi connectivity index (χ4n) is 1.66. The van der Waals surface area contributed by atoms with Crippen molar-refractivity contribution in [2.75, 3.05) is 6.54 Å². The van der Waals surface area contributed by atoms with E-state index < -0.39 is 0 Å². The van der Waals surface area contributed by atoms with E-state index in [0.29, 0.717) is 12.3 Å². The van der Waals surface area contributed by atoms with Crippen LogP contribution in [-0.2, 0) is 0 Å². The molecule has 0 aliphatic carbocycles. The average molecular weight is 310 g/mol. The summed E-state index contributed by atoms with van der Waals surface area (Å²) < 4.78 is 19.7. The van der Waals surface area contributed by atoms with Crippen molar-refractivity contribution in [1.29, 1.82) is 0 Å². The minimum atomic E-state index is -0.322. The molecule has 1 atom stereocenters. The molecular weight excluding hydrogens is 297 g/mol. The number of hydrogen-bond acceptors (Lipinski definition) is 2. The molecule has 0 aromatic heterocycles. The number of benzene rings is 2. The van der Waals surface area contributed by atoms with Crippen LogP contribution in [0.1, 0.15) is 11.7 Å². The molecule has 2 aromatic rings. The summed E-state index contributed by atoms with van der Waals surface area (Å²) in [6.45, 7) is 0.326. The molecule has 2 aromatic carbocycles. The van der Waals surface area contributed by atoms with E-state index in [1.807, 2.05) is 24.3 Å². The molecule has 0 radical (unpaired) electrons. The van der Waals surface area contributed by atoms with E-state index in [2.05, 4.69) is 15.9 Å². The molecule has 0 bridgehead atoms. The third kappa shape index (κ3) is 3.31. The largest absolute Gasteiger partial charge is 0.484 e. The van der Waals surface area contributed by atoms with Crippen LogP contribution in [0.4, 0.5) is 4.39 Å². The van der Waals surface area contributed by atoms with Crippen molar-refractivity contribution in [1.82, 2.24) is 0 Å². The van der Waals surface area contributed by atoms with Crippen molar-refractivity contribution in [3.05, 3.63) is 64.4 Å². The van der Waals surface area contributed by atoms with Gasteiger partial charge in [-0.15, -0.1) is 0 Å². The maximum Gasteiger partial charge on any atom is 0.136 e. The number of hydrogen-bond donors (Lipinski definition) is 1. The van der Waals surface area contributed by atoms with Gasteiger partial charge >= 0.3 is 0 Å². The third-order valence-electron chi connectivity index (χ3n) is 2.51. The Morgan fingerprint density at radius 2 is 1.94 bits per heavy atom. The first-order valence-corrected chi connectivity index (χ1v) is 6.36. The van der Waals surface area contributed by atoms with Crippen LogP contribution in [-0.4, -0.2) is 6.54 Å². The van der Waals surface area contributed by atoms with E-state index in [1.54, 1.807) is 12.1 Å². The molecule has 1 unspecified atom stereocenters. The first-order chi connectivity index (χ1) is 8.69. The predicted molar refractivity (Wildman–Crippen MR) is 73.0 cm³/mol. The van der Waals surface area contributed by atoms with E-state index in [9.17, 15) is 4.39 Å². The van der Waals surface area contributed by atoms with E-state index >= 15 is 0 Å². The van der Waals surface area contributed by atoms with Gasteiger partial charge in [-0.2, -0.15) is 0 Å². The Morgan fingerprint density at radius 3 is 2.61 bits per heavy atom. The summed E-state index contributed by atoms with van der Waals surface area (Å²) in [6, 6.07) is 13.8. The highest BCUT2D eigenvalue weighted by Gasteiger charge is 2.12. The van der Waals surface area contributed by atoms with E-state index in [-0.39, 0.29) is 11.9 Å². The minimum Gasteiger partial charge on any atom is -0.484 e. The molecule has 2 N–H and O–H groups in total. The molecule has 2 nitrogen and oxygen atoms in total. The van der Waals surface area contributed by atoms with Crippen LogP contribution in [0.5, 0.6) is 5.75 Å². The highest BCUT2D eigenvalue weighted by molar-refractivity contribution is 9.10. The zero-order chi connectivity index (χ0) is 13.0. The molecule has 0 saturated carbocycles. The van der Waals surface area contributed by atoms with Crippen molar-refractivity contribution in [2.45, 2.75) is 6.10 Å². The first kappa shape index (κ1) is 13.1. The molecule has 0 amide bonds. The Bertz CT molecular complexity index is 533. The average Bonchev–Trinajstić information content (AvgIpc) is 2.36. The van der Waals surface area contributed by atoms with Crippen molar-refractivity contribution in [2.24, 2.45) is 5.73 Å². The number of rotatable bonds is 4. The van der Waals surface area contributed by atoms with E-state index in [1.165, 1.54) is 12.1 Å². The van der Waals surface area contributed by atoms with Gasteiger partial charge in [-0.05, 0) is 29.8 Å². The monoisotopic (exact) mass is 309 g/mol. The smallest absolute Gasteiger partial charge is 0.136 e. The quantitative estimate of drug-likeness (QED) is 0.935. The Hall–Kier alpha value is -1.39. The van der Waals surface area contributed by atoms with Crippen molar-refractivity contribution in [3.8, 4) is 5.75 Å². The Kier molecular flexibility index (Phi) is 4.33. The second-order valence-electron chi connectivity index (χ2n) is 3.85. The van der Waals surface area contributed by atoms with Gasteiger partial charge in [-0.25, -0.2) is 4.39 Å². The van der Waals surface area contributed by atoms with Gasteiger partial charge in [0.2, 0.25) is 0 Å². The summed E-state index contributed by atoms with van der Waals surface area (Å²) >= 11 is 3.40. The maximum atomic E-state index is 13.1. The topological polar surface area (TPSA) is 35.2 Å². The van der Waals surface area contributed by atoms with Crippen LogP contribution in [0.15, 0.2) is 53.0 Å². The standard InChI is InChI=1S/C14H13BrFNO/c15-11-4-1-3-10(7-11)14(9-17)18-13-6-2-5-12(16)8-13/h1-8,14H,9,17H2. The molecule has 0 aliphatic heterocycles. The van der Waals surface area contributed by atoms with Gasteiger partial charge in [-0.3, -0.25) is 0 Å². The normalized spacial score (nSPS) is 12.2. The van der Waals surface area contributed by atoms with Crippen LogP contribution in [0, 0.1) is 5.82 Å². The summed E-state index contributed by atoms with van der Waals surface area (Å²) in [5.74, 6) is 0.155. The number of ether oxygens (including phenoxy) is 1. The minimum absolute atomic E-state index is 0.288. The zero-order valence-electron chi connectivity index (χ0n) is 9.64. The zero-order valence-corrected chi connectivity index (χ0v) is 11.2. The Balaban J connectivity index is 2.19. The van der Waals surface area contributed by atoms with Gasteiger partial charge in [0.15, 0.2) is 0 Å². The predicted octanol–water partition coefficient (Wildman–Crippen LogP) is 3.67. The molecular formula is C14H13BrFNO. The molecule has 4 heteroatoms. The van der Waals surface area contributed by atoms with Gasteiger partial charge in [-0.1, -0.05) is 34.1 Å². The first-order valence-electron chi connectivity index (χ1n) is 5.57. The molecule has 0 heterocycles. The molecule has 18 heavy (non-hydrogen) atoms. The summed E-state index contributed by atoms with van der Waals surface area (Å²) in [7, 11) is 0. The van der Waals surface area contributed by atoms with Crippen LogP contribution in [0.3, 0.4) is 0 Å². The van der Waals surface area contributed by atoms with Crippen LogP contribution in [0.25, 0.3) is 0 Å². The van der Waals surface area contributed by atoms with E-state index in [0.717, 1.165) is 10.0 Å². The molecule has 94 valence electrons. The SMILES string of the molecule is NCC(Oc1cccc(F)c1)c1cccc(Br)c1. The highest BCUT2D eigenvalue weighted by atomic mass is 79.9. The van der Waals surface area contributed by atoms with Gasteiger partial charge in [0.1, 0.15) is 17.7 Å². The maximum absolute atomic E-state index is 13.1. The van der Waals surface area contributed by atoms with Gasteiger partial charge in [0.05, 0.1) is 0 Å². The molecule has 2 rings (SSSR count). The van der Waals surface area contributed by atoms with Gasteiger partial charge in [0.25, 0.3) is 0 Å². The molecule has 0 spiro atoms. The number of halogens is 2. The van der Waals surface area contributed by atoms with Gasteiger partial charge < -0.3 is 10.5 Å². The molecule has 0 saturated heterocycles. The molecule has 0 aliphatic rings. The lowest BCUT2D eigenvalue weighted by molar-refractivity contribution is 0.213. The van der Waals surface area contributed by atoms with E-state index in [4.69, 9.17) is 10.5 Å². The summed E-state index contributed by atoms with van der Waals surface area (Å²) in [5, 5.41) is 0. The van der Waals surface area contributed by atoms with Crippen molar-refractivity contribution < 1.29 is 9.13 Å². The second-order valence-corrected chi connectivity index (χ2v) is 4.77. The summed E-state index contributed by atoms with van der Waals surface area (Å²) in [5.41, 5.74) is 6.66. The van der Waals surface area contributed by atoms with Crippen LogP contribution in [0.2, 0.25) is 0 Å². The third-order valence-corrected chi connectivity index (χ3v) is 3.00. The Labute approximate surface area is 114 Å². The Morgan fingerprint density at radius 1 is 1.17 bits per heavy atom. The molecule has 0 fully saturated rings. The van der Waals surface area contributed by atoms with Crippen LogP contribution < -0.4 is 10.5 Å². The van der Waals surface area contributed by atoms with Crippen LogP contribution >= 0.6 is 15.9 Å². The highest BCUT2D eigenvalue weighted by Crippen LogP contribution is 2.24. The summed E-state index contributed by atoms with van der Waals surface area (Å²) in [4.78, 5) is 0. The second kappa shape index (κ2) is 5.98. The van der Waals surface area contributed by atoms with Crippen molar-refractivity contribution >= 4 is 15.9 Å². The lowest BCUT2D eigenvalue weighted by atomic mass is 10.1. The fourth-order valence-corrected chi connectivity index (χ4v) is 2.08. The number of nitrogens with two attached hydrogens (primary N) is 1. The van der Waals surface area contributed by atoms with Gasteiger partial charge in [0, 0.05) is 17.1 Å². The fraction of sp³-hybridized carbons (Fsp3) is 0.143. The van der Waals surface area contributed by atoms with Crippen molar-refractivity contribution in [3.63, 3.8) is 0 Å². The lowest BCUT2D eigenvalue weighted by Crippen LogP contribution is -2.18.